The van der Waals surface area contributed by atoms with Crippen molar-refractivity contribution in [1.82, 2.24) is 4.98 Å². The number of rotatable bonds is 4. The van der Waals surface area contributed by atoms with Crippen molar-refractivity contribution >= 4 is 34.5 Å². The maximum absolute atomic E-state index is 5.94. The fourth-order valence-electron chi connectivity index (χ4n) is 1.76. The lowest BCUT2D eigenvalue weighted by Gasteiger charge is -2.11. The smallest absolute Gasteiger partial charge is 0.106 e. The number of nitrogens with two attached hydrogens (primary N) is 1. The lowest BCUT2D eigenvalue weighted by atomic mass is 10.1. The number of thiocarbonyl (C=S) groups is 1. The van der Waals surface area contributed by atoms with Crippen LogP contribution in [-0.2, 0) is 6.54 Å². The van der Waals surface area contributed by atoms with Crippen LogP contribution in [0.5, 0.6) is 0 Å². The predicted molar refractivity (Wildman–Crippen MR) is 83.6 cm³/mol. The van der Waals surface area contributed by atoms with Crippen molar-refractivity contribution in [2.45, 2.75) is 13.5 Å². The second-order valence-corrected chi connectivity index (χ2v) is 5.05. The minimum absolute atomic E-state index is 0.321. The monoisotopic (exact) mass is 291 g/mol. The van der Waals surface area contributed by atoms with E-state index in [2.05, 4.69) is 10.3 Å². The summed E-state index contributed by atoms with van der Waals surface area (Å²) in [7, 11) is 0. The molecule has 3 N–H and O–H groups in total. The number of benzene rings is 1. The Kier molecular flexibility index (Phi) is 4.35. The molecule has 98 valence electrons. The molecular formula is C14H14ClN3S. The molecule has 0 fully saturated rings. The highest BCUT2D eigenvalue weighted by atomic mass is 35.5. The second kappa shape index (κ2) is 5.99. The summed E-state index contributed by atoms with van der Waals surface area (Å²) < 4.78 is 0. The number of anilines is 1. The Morgan fingerprint density at radius 1 is 1.37 bits per heavy atom. The number of nitrogens with zero attached hydrogens (tertiary/aromatic N) is 1. The average Bonchev–Trinajstić information content (AvgIpc) is 2.37. The molecule has 1 heterocycles. The van der Waals surface area contributed by atoms with Gasteiger partial charge in [0.15, 0.2) is 0 Å². The Morgan fingerprint density at radius 2 is 2.16 bits per heavy atom. The number of pyridine rings is 1. The zero-order valence-electron chi connectivity index (χ0n) is 10.5. The van der Waals surface area contributed by atoms with Crippen LogP contribution in [0.3, 0.4) is 0 Å². The summed E-state index contributed by atoms with van der Waals surface area (Å²) in [5.74, 6) is 0. The van der Waals surface area contributed by atoms with Gasteiger partial charge in [-0.15, -0.1) is 0 Å². The number of nitrogens with one attached hydrogen (secondary N) is 1. The van der Waals surface area contributed by atoms with Crippen molar-refractivity contribution < 1.29 is 0 Å². The molecule has 0 saturated carbocycles. The summed E-state index contributed by atoms with van der Waals surface area (Å²) in [5.41, 5.74) is 9.25. The highest BCUT2D eigenvalue weighted by Gasteiger charge is 2.06. The van der Waals surface area contributed by atoms with E-state index in [1.54, 1.807) is 12.1 Å². The molecule has 0 saturated heterocycles. The molecule has 2 aromatic rings. The number of hydrogen-bond donors (Lipinski definition) is 2. The lowest BCUT2D eigenvalue weighted by molar-refractivity contribution is 1.01. The van der Waals surface area contributed by atoms with Gasteiger partial charge in [0.25, 0.3) is 0 Å². The van der Waals surface area contributed by atoms with Crippen molar-refractivity contribution in [3.63, 3.8) is 0 Å². The Morgan fingerprint density at radius 3 is 2.84 bits per heavy atom. The van der Waals surface area contributed by atoms with E-state index in [-0.39, 0.29) is 0 Å². The largest absolute Gasteiger partial charge is 0.389 e. The van der Waals surface area contributed by atoms with E-state index >= 15 is 0 Å². The summed E-state index contributed by atoms with van der Waals surface area (Å²) >= 11 is 11.0. The van der Waals surface area contributed by atoms with Gasteiger partial charge in [-0.3, -0.25) is 4.98 Å². The minimum atomic E-state index is 0.321. The molecule has 3 nitrogen and oxygen atoms in total. The van der Waals surface area contributed by atoms with Gasteiger partial charge in [0.05, 0.1) is 12.2 Å². The van der Waals surface area contributed by atoms with Crippen LogP contribution in [-0.4, -0.2) is 9.97 Å². The number of aryl methyl sites for hydroxylation is 1. The number of hydrogen-bond acceptors (Lipinski definition) is 3. The third kappa shape index (κ3) is 3.66. The molecule has 0 aliphatic carbocycles. The maximum atomic E-state index is 5.94. The van der Waals surface area contributed by atoms with Crippen molar-refractivity contribution in [2.24, 2.45) is 5.73 Å². The summed E-state index contributed by atoms with van der Waals surface area (Å²) in [6.07, 6.45) is 0. The molecule has 0 atom stereocenters. The van der Waals surface area contributed by atoms with Crippen LogP contribution in [0.25, 0.3) is 0 Å². The minimum Gasteiger partial charge on any atom is -0.389 e. The van der Waals surface area contributed by atoms with Crippen LogP contribution >= 0.6 is 23.8 Å². The standard InChI is InChI=1S/C14H14ClN3S/c1-9-3-2-4-11(18-9)8-17-13-6-5-10(15)7-12(13)14(16)19/h2-7,17H,8H2,1H3,(H2,16,19). The molecule has 1 aromatic carbocycles. The van der Waals surface area contributed by atoms with E-state index in [0.29, 0.717) is 16.6 Å². The van der Waals surface area contributed by atoms with E-state index in [4.69, 9.17) is 29.6 Å². The summed E-state index contributed by atoms with van der Waals surface area (Å²) in [6.45, 7) is 2.57. The fraction of sp³-hybridized carbons (Fsp3) is 0.143. The Balaban J connectivity index is 2.17. The number of aromatic nitrogens is 1. The van der Waals surface area contributed by atoms with E-state index in [9.17, 15) is 0 Å². The molecule has 2 rings (SSSR count). The van der Waals surface area contributed by atoms with Crippen LogP contribution in [0.2, 0.25) is 5.02 Å². The molecule has 0 bridgehead atoms. The lowest BCUT2D eigenvalue weighted by Crippen LogP contribution is -2.13. The van der Waals surface area contributed by atoms with Gasteiger partial charge in [-0.2, -0.15) is 0 Å². The molecule has 0 aliphatic rings. The van der Waals surface area contributed by atoms with E-state index in [1.165, 1.54) is 0 Å². The van der Waals surface area contributed by atoms with E-state index in [1.807, 2.05) is 31.2 Å². The van der Waals surface area contributed by atoms with Gasteiger partial charge in [-0.25, -0.2) is 0 Å². The van der Waals surface area contributed by atoms with Crippen molar-refractivity contribution in [3.8, 4) is 0 Å². The van der Waals surface area contributed by atoms with Crippen LogP contribution in [0, 0.1) is 6.92 Å². The molecule has 0 radical (unpaired) electrons. The van der Waals surface area contributed by atoms with E-state index in [0.717, 1.165) is 22.6 Å². The van der Waals surface area contributed by atoms with Crippen LogP contribution in [0.15, 0.2) is 36.4 Å². The van der Waals surface area contributed by atoms with Gasteiger partial charge in [-0.1, -0.05) is 29.9 Å². The second-order valence-electron chi connectivity index (χ2n) is 4.18. The molecule has 0 amide bonds. The molecule has 0 spiro atoms. The van der Waals surface area contributed by atoms with Crippen LogP contribution < -0.4 is 11.1 Å². The first-order valence-corrected chi connectivity index (χ1v) is 6.60. The normalized spacial score (nSPS) is 10.2. The molecule has 1 aromatic heterocycles. The summed E-state index contributed by atoms with van der Waals surface area (Å²) in [4.78, 5) is 4.75. The van der Waals surface area contributed by atoms with Crippen molar-refractivity contribution in [2.75, 3.05) is 5.32 Å². The average molecular weight is 292 g/mol. The van der Waals surface area contributed by atoms with Crippen molar-refractivity contribution in [3.05, 3.63) is 58.4 Å². The van der Waals surface area contributed by atoms with Crippen molar-refractivity contribution in [1.29, 1.82) is 0 Å². The van der Waals surface area contributed by atoms with Gasteiger partial charge < -0.3 is 11.1 Å². The Labute approximate surface area is 122 Å². The Bertz CT molecular complexity index is 613. The molecule has 19 heavy (non-hydrogen) atoms. The zero-order valence-corrected chi connectivity index (χ0v) is 12.1. The summed E-state index contributed by atoms with van der Waals surface area (Å²) in [5, 5.41) is 3.89. The first-order chi connectivity index (χ1) is 9.06. The van der Waals surface area contributed by atoms with Gasteiger partial charge in [0.1, 0.15) is 4.99 Å². The van der Waals surface area contributed by atoms with Gasteiger partial charge >= 0.3 is 0 Å². The highest BCUT2D eigenvalue weighted by molar-refractivity contribution is 7.80. The number of halogens is 1. The molecule has 0 unspecified atom stereocenters. The molecule has 5 heteroatoms. The molecular weight excluding hydrogens is 278 g/mol. The maximum Gasteiger partial charge on any atom is 0.106 e. The van der Waals surface area contributed by atoms with Gasteiger partial charge in [0.2, 0.25) is 0 Å². The topological polar surface area (TPSA) is 50.9 Å². The summed E-state index contributed by atoms with van der Waals surface area (Å²) in [6, 6.07) is 11.3. The quantitative estimate of drug-likeness (QED) is 0.849. The third-order valence-corrected chi connectivity index (χ3v) is 3.11. The predicted octanol–water partition coefficient (Wildman–Crippen LogP) is 3.29. The zero-order chi connectivity index (χ0) is 13.8. The SMILES string of the molecule is Cc1cccc(CNc2ccc(Cl)cc2C(N)=S)n1. The van der Waals surface area contributed by atoms with Crippen LogP contribution in [0.1, 0.15) is 17.0 Å². The highest BCUT2D eigenvalue weighted by Crippen LogP contribution is 2.21. The first kappa shape index (κ1) is 13.8. The Hall–Kier alpha value is -1.65. The van der Waals surface area contributed by atoms with E-state index < -0.39 is 0 Å². The third-order valence-electron chi connectivity index (χ3n) is 2.65. The fourth-order valence-corrected chi connectivity index (χ4v) is 2.10. The van der Waals surface area contributed by atoms with Crippen LogP contribution in [0.4, 0.5) is 5.69 Å². The molecule has 0 aliphatic heterocycles. The van der Waals surface area contributed by atoms with Gasteiger partial charge in [0, 0.05) is 22.0 Å². The first-order valence-electron chi connectivity index (χ1n) is 5.82. The van der Waals surface area contributed by atoms with Gasteiger partial charge in [-0.05, 0) is 37.3 Å².